The van der Waals surface area contributed by atoms with Crippen LogP contribution in [0.3, 0.4) is 0 Å². The fourth-order valence-electron chi connectivity index (χ4n) is 4.72. The fourth-order valence-corrected chi connectivity index (χ4v) is 6.12. The van der Waals surface area contributed by atoms with Crippen molar-refractivity contribution in [2.45, 2.75) is 50.1 Å². The maximum Gasteiger partial charge on any atom is 0.516 e. The number of anilines is 1. The van der Waals surface area contributed by atoms with Gasteiger partial charge in [-0.05, 0) is 89.7 Å². The van der Waals surface area contributed by atoms with Crippen molar-refractivity contribution in [2.24, 2.45) is 4.99 Å². The van der Waals surface area contributed by atoms with Gasteiger partial charge in [0.2, 0.25) is 0 Å². The number of sulfonamides is 1. The molecule has 1 heterocycles. The number of nitrogens with zero attached hydrogens (tertiary/aromatic N) is 1. The molecule has 1 aliphatic carbocycles. The molecule has 0 bridgehead atoms. The molecule has 0 unspecified atom stereocenters. The molecular weight excluding hydrogens is 587 g/mol. The second-order valence-electron chi connectivity index (χ2n) is 10.0. The highest BCUT2D eigenvalue weighted by atomic mass is 32.2. The predicted octanol–water partition coefficient (Wildman–Crippen LogP) is 7.47. The minimum atomic E-state index is -5.52. The first-order valence-corrected chi connectivity index (χ1v) is 15.7. The van der Waals surface area contributed by atoms with Crippen LogP contribution in [-0.4, -0.2) is 25.0 Å². The molecule has 2 N–H and O–H groups in total. The first-order valence-electron chi connectivity index (χ1n) is 13.4. The van der Waals surface area contributed by atoms with E-state index in [0.29, 0.717) is 28.9 Å². The topological polar surface area (TPSA) is 96.9 Å². The molecule has 3 aromatic carbocycles. The van der Waals surface area contributed by atoms with Crippen molar-refractivity contribution >= 4 is 50.3 Å². The van der Waals surface area contributed by atoms with Gasteiger partial charge in [0.15, 0.2) is 5.17 Å². The molecule has 42 heavy (non-hydrogen) atoms. The summed E-state index contributed by atoms with van der Waals surface area (Å²) in [4.78, 5) is 17.1. The normalized spacial score (nSPS) is 18.3. The van der Waals surface area contributed by atoms with Crippen molar-refractivity contribution < 1.29 is 31.1 Å². The van der Waals surface area contributed by atoms with Crippen LogP contribution in [0.2, 0.25) is 0 Å². The molecule has 0 atom stereocenters. The van der Waals surface area contributed by atoms with Gasteiger partial charge in [-0.2, -0.15) is 21.6 Å². The highest BCUT2D eigenvalue weighted by Gasteiger charge is 2.46. The molecule has 220 valence electrons. The number of ether oxygens (including phenoxy) is 1. The summed E-state index contributed by atoms with van der Waals surface area (Å²) >= 11 is 1.11. The van der Waals surface area contributed by atoms with E-state index < -0.39 is 15.5 Å². The number of aliphatic imine (C=N–C) groups is 1. The Bertz CT molecular complexity index is 1580. The van der Waals surface area contributed by atoms with Crippen LogP contribution in [0.15, 0.2) is 82.7 Å². The maximum absolute atomic E-state index is 12.6. The molecule has 0 spiro atoms. The second kappa shape index (κ2) is 12.6. The van der Waals surface area contributed by atoms with Crippen molar-refractivity contribution in [3.63, 3.8) is 0 Å². The summed E-state index contributed by atoms with van der Waals surface area (Å²) in [5, 5.41) is 2.92. The Morgan fingerprint density at radius 2 is 1.62 bits per heavy atom. The number of nitrogens with one attached hydrogen (secondary N) is 2. The standard InChI is InChI=1S/C30H28F3N3O4S2/c31-30(32,33)42(38,39)36-25-14-12-24(13-15-25)34-29-35-28(37)27(41-29)18-20-8-16-26(17-9-20)40-19-21-6-10-23(11-7-21)22-4-2-1-3-5-22/h6-18,22,36H,1-5,19H2,(H,34,35,37)/b27-18+. The zero-order valence-corrected chi connectivity index (χ0v) is 24.0. The van der Waals surface area contributed by atoms with Gasteiger partial charge in [0.05, 0.1) is 10.6 Å². The van der Waals surface area contributed by atoms with Gasteiger partial charge in [0, 0.05) is 5.69 Å². The van der Waals surface area contributed by atoms with Gasteiger partial charge < -0.3 is 10.1 Å². The van der Waals surface area contributed by atoms with Gasteiger partial charge in [-0.1, -0.05) is 55.7 Å². The zero-order chi connectivity index (χ0) is 29.7. The Morgan fingerprint density at radius 3 is 2.26 bits per heavy atom. The largest absolute Gasteiger partial charge is 0.516 e. The number of amides is 1. The maximum atomic E-state index is 12.6. The lowest BCUT2D eigenvalue weighted by Gasteiger charge is -2.22. The van der Waals surface area contributed by atoms with Crippen molar-refractivity contribution in [1.82, 2.24) is 5.32 Å². The van der Waals surface area contributed by atoms with Gasteiger partial charge in [-0.25, -0.2) is 4.99 Å². The van der Waals surface area contributed by atoms with Gasteiger partial charge in [-0.15, -0.1) is 0 Å². The van der Waals surface area contributed by atoms with E-state index in [0.717, 1.165) is 35.0 Å². The third-order valence-corrected chi connectivity index (χ3v) is 8.97. The van der Waals surface area contributed by atoms with Crippen molar-refractivity contribution in [3.05, 3.63) is 94.4 Å². The lowest BCUT2D eigenvalue weighted by atomic mass is 9.84. The van der Waals surface area contributed by atoms with Gasteiger partial charge in [0.1, 0.15) is 12.4 Å². The summed E-state index contributed by atoms with van der Waals surface area (Å²) in [7, 11) is -5.52. The molecule has 5 rings (SSSR count). The van der Waals surface area contributed by atoms with Gasteiger partial charge in [-0.3, -0.25) is 9.52 Å². The fraction of sp³-hybridized carbons (Fsp3) is 0.267. The molecule has 1 saturated carbocycles. The van der Waals surface area contributed by atoms with Gasteiger partial charge in [0.25, 0.3) is 5.91 Å². The third-order valence-electron chi connectivity index (χ3n) is 6.95. The number of halogens is 3. The molecule has 1 amide bonds. The van der Waals surface area contributed by atoms with E-state index >= 15 is 0 Å². The minimum Gasteiger partial charge on any atom is -0.489 e. The van der Waals surface area contributed by atoms with Crippen LogP contribution in [0.5, 0.6) is 5.75 Å². The highest BCUT2D eigenvalue weighted by Crippen LogP contribution is 2.33. The van der Waals surface area contributed by atoms with Crippen LogP contribution in [0, 0.1) is 0 Å². The molecule has 3 aromatic rings. The van der Waals surface area contributed by atoms with Crippen LogP contribution < -0.4 is 14.8 Å². The predicted molar refractivity (Wildman–Crippen MR) is 159 cm³/mol. The van der Waals surface area contributed by atoms with E-state index in [4.69, 9.17) is 4.74 Å². The number of carbonyl (C=O) groups is 1. The average molecular weight is 616 g/mol. The summed E-state index contributed by atoms with van der Waals surface area (Å²) < 4.78 is 67.5. The Kier molecular flexibility index (Phi) is 8.93. The lowest BCUT2D eigenvalue weighted by Crippen LogP contribution is -2.29. The molecule has 12 heteroatoms. The first-order chi connectivity index (χ1) is 20.1. The molecule has 2 fully saturated rings. The number of rotatable bonds is 8. The summed E-state index contributed by atoms with van der Waals surface area (Å²) in [5.41, 5.74) is -2.07. The summed E-state index contributed by atoms with van der Waals surface area (Å²) in [6.45, 7) is 0.457. The van der Waals surface area contributed by atoms with E-state index in [1.165, 1.54) is 54.5 Å². The Labute approximate surface area is 246 Å². The zero-order valence-electron chi connectivity index (χ0n) is 22.4. The monoisotopic (exact) mass is 615 g/mol. The highest BCUT2D eigenvalue weighted by molar-refractivity contribution is 8.18. The molecular formula is C30H28F3N3O4S2. The molecule has 1 saturated heterocycles. The summed E-state index contributed by atoms with van der Waals surface area (Å²) in [6.07, 6.45) is 8.21. The second-order valence-corrected chi connectivity index (χ2v) is 12.7. The van der Waals surface area contributed by atoms with Crippen LogP contribution in [0.1, 0.15) is 54.7 Å². The average Bonchev–Trinajstić information content (AvgIpc) is 3.31. The number of thioether (sulfide) groups is 1. The molecule has 0 aromatic heterocycles. The van der Waals surface area contributed by atoms with E-state index in [1.807, 2.05) is 24.3 Å². The van der Waals surface area contributed by atoms with E-state index in [9.17, 15) is 26.4 Å². The SMILES string of the molecule is O=C1NC(=Nc2ccc(NS(=O)(=O)C(F)(F)F)cc2)S/C1=C/c1ccc(OCc2ccc(C3CCCCC3)cc2)cc1. The van der Waals surface area contributed by atoms with Crippen LogP contribution in [0.4, 0.5) is 24.5 Å². The summed E-state index contributed by atoms with van der Waals surface area (Å²) in [5.74, 6) is 1.04. The van der Waals surface area contributed by atoms with E-state index in [2.05, 4.69) is 34.6 Å². The summed E-state index contributed by atoms with van der Waals surface area (Å²) in [6, 6.07) is 21.0. The molecule has 2 aliphatic rings. The number of hydrogen-bond acceptors (Lipinski definition) is 6. The number of carbonyl (C=O) groups excluding carboxylic acids is 1. The quantitative estimate of drug-likeness (QED) is 0.256. The number of alkyl halides is 3. The number of hydrogen-bond donors (Lipinski definition) is 2. The van der Waals surface area contributed by atoms with E-state index in [-0.39, 0.29) is 16.8 Å². The number of amidine groups is 1. The third kappa shape index (κ3) is 7.54. The molecule has 1 aliphatic heterocycles. The van der Waals surface area contributed by atoms with Crippen molar-refractivity contribution in [1.29, 1.82) is 0 Å². The first kappa shape index (κ1) is 29.7. The van der Waals surface area contributed by atoms with E-state index in [1.54, 1.807) is 6.08 Å². The van der Waals surface area contributed by atoms with Crippen LogP contribution in [0.25, 0.3) is 6.08 Å². The van der Waals surface area contributed by atoms with Crippen LogP contribution in [-0.2, 0) is 21.4 Å². The Balaban J connectivity index is 1.15. The smallest absolute Gasteiger partial charge is 0.489 e. The van der Waals surface area contributed by atoms with Gasteiger partial charge >= 0.3 is 15.5 Å². The molecule has 7 nitrogen and oxygen atoms in total. The Hall–Kier alpha value is -3.77. The number of benzene rings is 3. The van der Waals surface area contributed by atoms with Crippen molar-refractivity contribution in [2.75, 3.05) is 4.72 Å². The molecule has 0 radical (unpaired) electrons. The van der Waals surface area contributed by atoms with Crippen molar-refractivity contribution in [3.8, 4) is 5.75 Å². The lowest BCUT2D eigenvalue weighted by molar-refractivity contribution is -0.115. The Morgan fingerprint density at radius 1 is 0.952 bits per heavy atom. The van der Waals surface area contributed by atoms with Crippen LogP contribution >= 0.6 is 11.8 Å². The minimum absolute atomic E-state index is 0.264.